The number of hydrogen-bond acceptors (Lipinski definition) is 4. The van der Waals surface area contributed by atoms with Crippen molar-refractivity contribution in [2.24, 2.45) is 0 Å². The predicted molar refractivity (Wildman–Crippen MR) is 93.6 cm³/mol. The van der Waals surface area contributed by atoms with Gasteiger partial charge in [0.05, 0.1) is 11.3 Å². The maximum Gasteiger partial charge on any atom is 0.234 e. The van der Waals surface area contributed by atoms with Gasteiger partial charge >= 0.3 is 0 Å². The van der Waals surface area contributed by atoms with Crippen LogP contribution in [0.5, 0.6) is 0 Å². The smallest absolute Gasteiger partial charge is 0.234 e. The molecule has 0 unspecified atom stereocenters. The van der Waals surface area contributed by atoms with Crippen molar-refractivity contribution in [3.8, 4) is 6.07 Å². The molecule has 1 aromatic heterocycles. The number of nitrogens with zero attached hydrogens (tertiary/aromatic N) is 2. The molecule has 0 spiro atoms. The standard InChI is InChI=1S/C18H19N3OS/c1-4-14-6-5-7-15(9-14)21-17(22)11-23-18-16(10-19)12(2)8-13(3)20-18/h5-9H,4,11H2,1-3H3,(H,21,22). The van der Waals surface area contributed by atoms with Crippen molar-refractivity contribution < 1.29 is 4.79 Å². The summed E-state index contributed by atoms with van der Waals surface area (Å²) in [5, 5.41) is 12.7. The number of carbonyl (C=O) groups is 1. The molecule has 1 amide bonds. The normalized spacial score (nSPS) is 10.2. The quantitative estimate of drug-likeness (QED) is 0.848. The highest BCUT2D eigenvalue weighted by Crippen LogP contribution is 2.23. The molecule has 0 aliphatic rings. The highest BCUT2D eigenvalue weighted by atomic mass is 32.2. The van der Waals surface area contributed by atoms with E-state index in [9.17, 15) is 10.1 Å². The molecule has 4 nitrogen and oxygen atoms in total. The lowest BCUT2D eigenvalue weighted by atomic mass is 10.1. The number of carbonyl (C=O) groups excluding carboxylic acids is 1. The zero-order valence-electron chi connectivity index (χ0n) is 13.5. The maximum atomic E-state index is 12.1. The average Bonchev–Trinajstić information content (AvgIpc) is 2.52. The molecule has 0 atom stereocenters. The second kappa shape index (κ2) is 7.80. The summed E-state index contributed by atoms with van der Waals surface area (Å²) in [5.74, 6) is 0.120. The largest absolute Gasteiger partial charge is 0.325 e. The van der Waals surface area contributed by atoms with Crippen molar-refractivity contribution in [2.45, 2.75) is 32.2 Å². The lowest BCUT2D eigenvalue weighted by molar-refractivity contribution is -0.113. The number of aryl methyl sites for hydroxylation is 3. The molecule has 0 fully saturated rings. The van der Waals surface area contributed by atoms with Crippen LogP contribution in [0.1, 0.15) is 29.3 Å². The third-order valence-electron chi connectivity index (χ3n) is 3.38. The molecule has 5 heteroatoms. The van der Waals surface area contributed by atoms with E-state index in [1.54, 1.807) is 0 Å². The minimum Gasteiger partial charge on any atom is -0.325 e. The Morgan fingerprint density at radius 3 is 2.83 bits per heavy atom. The van der Waals surface area contributed by atoms with Crippen LogP contribution in [0.25, 0.3) is 0 Å². The molecule has 23 heavy (non-hydrogen) atoms. The highest BCUT2D eigenvalue weighted by Gasteiger charge is 2.11. The minimum absolute atomic E-state index is 0.104. The van der Waals surface area contributed by atoms with Crippen molar-refractivity contribution in [3.63, 3.8) is 0 Å². The summed E-state index contributed by atoms with van der Waals surface area (Å²) < 4.78 is 0. The number of pyridine rings is 1. The maximum absolute atomic E-state index is 12.1. The van der Waals surface area contributed by atoms with Gasteiger partial charge in [0.25, 0.3) is 0 Å². The van der Waals surface area contributed by atoms with Gasteiger partial charge in [-0.1, -0.05) is 30.8 Å². The number of hydrogen-bond donors (Lipinski definition) is 1. The topological polar surface area (TPSA) is 65.8 Å². The Morgan fingerprint density at radius 2 is 2.13 bits per heavy atom. The minimum atomic E-state index is -0.104. The van der Waals surface area contributed by atoms with Gasteiger partial charge in [0.2, 0.25) is 5.91 Å². The Kier molecular flexibility index (Phi) is 5.78. The first kappa shape index (κ1) is 17.0. The third kappa shape index (κ3) is 4.57. The molecule has 1 N–H and O–H groups in total. The van der Waals surface area contributed by atoms with E-state index in [-0.39, 0.29) is 11.7 Å². The summed E-state index contributed by atoms with van der Waals surface area (Å²) in [7, 11) is 0. The van der Waals surface area contributed by atoms with Gasteiger partial charge in [-0.25, -0.2) is 4.98 Å². The van der Waals surface area contributed by atoms with Gasteiger partial charge in [-0.15, -0.1) is 0 Å². The van der Waals surface area contributed by atoms with Crippen LogP contribution in [-0.2, 0) is 11.2 Å². The van der Waals surface area contributed by atoms with Gasteiger partial charge in [-0.05, 0) is 49.6 Å². The van der Waals surface area contributed by atoms with Crippen LogP contribution in [0.15, 0.2) is 35.4 Å². The first-order chi connectivity index (χ1) is 11.0. The van der Waals surface area contributed by atoms with Crippen LogP contribution in [-0.4, -0.2) is 16.6 Å². The summed E-state index contributed by atoms with van der Waals surface area (Å²) in [4.78, 5) is 16.5. The molecular weight excluding hydrogens is 306 g/mol. The molecular formula is C18H19N3OS. The van der Waals surface area contributed by atoms with Crippen LogP contribution in [0.3, 0.4) is 0 Å². The monoisotopic (exact) mass is 325 g/mol. The fourth-order valence-corrected chi connectivity index (χ4v) is 3.14. The third-order valence-corrected chi connectivity index (χ3v) is 4.36. The number of benzene rings is 1. The molecule has 1 aromatic carbocycles. The van der Waals surface area contributed by atoms with E-state index < -0.39 is 0 Å². The van der Waals surface area contributed by atoms with Crippen molar-refractivity contribution >= 4 is 23.4 Å². The highest BCUT2D eigenvalue weighted by molar-refractivity contribution is 8.00. The summed E-state index contributed by atoms with van der Waals surface area (Å²) in [6.07, 6.45) is 0.927. The average molecular weight is 325 g/mol. The van der Waals surface area contributed by atoms with Crippen LogP contribution < -0.4 is 5.32 Å². The first-order valence-electron chi connectivity index (χ1n) is 7.43. The molecule has 2 rings (SSSR count). The lowest BCUT2D eigenvalue weighted by Crippen LogP contribution is -2.14. The number of amides is 1. The van der Waals surface area contributed by atoms with Gasteiger partial charge in [0.1, 0.15) is 11.1 Å². The van der Waals surface area contributed by atoms with E-state index in [0.29, 0.717) is 10.6 Å². The zero-order chi connectivity index (χ0) is 16.8. The van der Waals surface area contributed by atoms with Gasteiger partial charge in [0, 0.05) is 11.4 Å². The zero-order valence-corrected chi connectivity index (χ0v) is 14.3. The van der Waals surface area contributed by atoms with Crippen molar-refractivity contribution in [2.75, 3.05) is 11.1 Å². The lowest BCUT2D eigenvalue weighted by Gasteiger charge is -2.08. The summed E-state index contributed by atoms with van der Waals surface area (Å²) in [6.45, 7) is 5.84. The Bertz CT molecular complexity index is 765. The molecule has 0 saturated heterocycles. The van der Waals surface area contributed by atoms with Crippen LogP contribution >= 0.6 is 11.8 Å². The van der Waals surface area contributed by atoms with E-state index in [4.69, 9.17) is 0 Å². The van der Waals surface area contributed by atoms with E-state index in [1.165, 1.54) is 17.3 Å². The molecule has 0 aliphatic heterocycles. The Balaban J connectivity index is 2.03. The molecule has 1 heterocycles. The number of anilines is 1. The van der Waals surface area contributed by atoms with Crippen molar-refractivity contribution in [3.05, 3.63) is 52.7 Å². The van der Waals surface area contributed by atoms with Gasteiger partial charge in [0.15, 0.2) is 0 Å². The summed E-state index contributed by atoms with van der Waals surface area (Å²) in [6, 6.07) is 11.8. The number of aromatic nitrogens is 1. The van der Waals surface area contributed by atoms with Crippen molar-refractivity contribution in [1.82, 2.24) is 4.98 Å². The van der Waals surface area contributed by atoms with E-state index in [1.807, 2.05) is 44.2 Å². The molecule has 0 aliphatic carbocycles. The van der Waals surface area contributed by atoms with Crippen LogP contribution in [0.4, 0.5) is 5.69 Å². The summed E-state index contributed by atoms with van der Waals surface area (Å²) in [5.41, 5.74) is 4.25. The van der Waals surface area contributed by atoms with Gasteiger partial charge in [-0.2, -0.15) is 5.26 Å². The van der Waals surface area contributed by atoms with Gasteiger partial charge in [-0.3, -0.25) is 4.79 Å². The van der Waals surface area contributed by atoms with Gasteiger partial charge < -0.3 is 5.32 Å². The number of thioether (sulfide) groups is 1. The first-order valence-corrected chi connectivity index (χ1v) is 8.42. The number of rotatable bonds is 5. The number of nitrogens with one attached hydrogen (secondary N) is 1. The molecule has 0 bridgehead atoms. The Hall–Kier alpha value is -2.32. The number of nitriles is 1. The SMILES string of the molecule is CCc1cccc(NC(=O)CSc2nc(C)cc(C)c2C#N)c1. The Labute approximate surface area is 140 Å². The molecule has 2 aromatic rings. The Morgan fingerprint density at radius 1 is 1.35 bits per heavy atom. The van der Waals surface area contributed by atoms with Crippen molar-refractivity contribution in [1.29, 1.82) is 5.26 Å². The molecule has 118 valence electrons. The van der Waals surface area contributed by atoms with E-state index in [0.717, 1.165) is 23.4 Å². The second-order valence-electron chi connectivity index (χ2n) is 5.26. The molecule has 0 radical (unpaired) electrons. The van der Waals surface area contributed by atoms with E-state index in [2.05, 4.69) is 23.3 Å². The summed E-state index contributed by atoms with van der Waals surface area (Å²) >= 11 is 1.29. The second-order valence-corrected chi connectivity index (χ2v) is 6.23. The van der Waals surface area contributed by atoms with Crippen LogP contribution in [0, 0.1) is 25.2 Å². The molecule has 0 saturated carbocycles. The predicted octanol–water partition coefficient (Wildman–Crippen LogP) is 3.86. The fourth-order valence-electron chi connectivity index (χ4n) is 2.24. The van der Waals surface area contributed by atoms with Crippen LogP contribution in [0.2, 0.25) is 0 Å². The van der Waals surface area contributed by atoms with E-state index >= 15 is 0 Å². The fraction of sp³-hybridized carbons (Fsp3) is 0.278.